The fraction of sp³-hybridized carbons (Fsp3) is 0.238. The fourth-order valence-corrected chi connectivity index (χ4v) is 5.10. The molecule has 0 fully saturated rings. The quantitative estimate of drug-likeness (QED) is 0.404. The number of aromatic nitrogens is 4. The maximum atomic E-state index is 13.1. The molecule has 5 rings (SSSR count). The first kappa shape index (κ1) is 19.5. The lowest BCUT2D eigenvalue weighted by molar-refractivity contribution is 0.0638. The first-order valence-corrected chi connectivity index (χ1v) is 11.1. The number of halogens is 2. The predicted molar refractivity (Wildman–Crippen MR) is 119 cm³/mol. The van der Waals surface area contributed by atoms with Gasteiger partial charge in [0, 0.05) is 18.7 Å². The Morgan fingerprint density at radius 3 is 2.73 bits per heavy atom. The van der Waals surface area contributed by atoms with E-state index in [2.05, 4.69) is 33.8 Å². The molecule has 152 valence electrons. The van der Waals surface area contributed by atoms with Crippen molar-refractivity contribution >= 4 is 50.7 Å². The highest BCUT2D eigenvalue weighted by Gasteiger charge is 2.32. The van der Waals surface area contributed by atoms with Crippen molar-refractivity contribution in [2.75, 3.05) is 6.54 Å². The van der Waals surface area contributed by atoms with E-state index < -0.39 is 0 Å². The van der Waals surface area contributed by atoms with E-state index in [1.165, 1.54) is 5.56 Å². The number of aryl methyl sites for hydroxylation is 1. The minimum absolute atomic E-state index is 0.104. The molecule has 6 nitrogen and oxygen atoms in total. The predicted octanol–water partition coefficient (Wildman–Crippen LogP) is 5.39. The van der Waals surface area contributed by atoms with Crippen LogP contribution in [0.2, 0.25) is 10.0 Å². The number of nitrogens with zero attached hydrogens (tertiary/aromatic N) is 5. The van der Waals surface area contributed by atoms with Crippen molar-refractivity contribution < 1.29 is 4.79 Å². The summed E-state index contributed by atoms with van der Waals surface area (Å²) in [5, 5.41) is 10.4. The molecule has 1 unspecified atom stereocenters. The van der Waals surface area contributed by atoms with Crippen LogP contribution < -0.4 is 0 Å². The van der Waals surface area contributed by atoms with Gasteiger partial charge < -0.3 is 9.47 Å². The van der Waals surface area contributed by atoms with Crippen LogP contribution in [0.4, 0.5) is 0 Å². The molecule has 0 aliphatic carbocycles. The molecule has 9 heteroatoms. The van der Waals surface area contributed by atoms with Crippen molar-refractivity contribution in [3.8, 4) is 10.8 Å². The van der Waals surface area contributed by atoms with Crippen molar-refractivity contribution in [2.24, 2.45) is 0 Å². The lowest BCUT2D eigenvalue weighted by atomic mass is 10.1. The summed E-state index contributed by atoms with van der Waals surface area (Å²) in [7, 11) is 0. The number of thiazole rings is 1. The lowest BCUT2D eigenvalue weighted by Crippen LogP contribution is -2.41. The molecule has 0 saturated heterocycles. The molecule has 1 aliphatic rings. The van der Waals surface area contributed by atoms with E-state index in [0.29, 0.717) is 28.7 Å². The van der Waals surface area contributed by atoms with Crippen LogP contribution in [-0.2, 0) is 6.54 Å². The minimum Gasteiger partial charge on any atom is -0.327 e. The molecule has 0 saturated carbocycles. The summed E-state index contributed by atoms with van der Waals surface area (Å²) in [6.07, 6.45) is 0. The molecule has 0 N–H and O–H groups in total. The molecule has 0 bridgehead atoms. The van der Waals surface area contributed by atoms with E-state index in [9.17, 15) is 4.79 Å². The Morgan fingerprint density at radius 2 is 1.93 bits per heavy atom. The van der Waals surface area contributed by atoms with Crippen molar-refractivity contribution in [1.29, 1.82) is 0 Å². The standard InChI is InChI=1S/C21H17Cl2N5OS/c1-11-3-6-16-17(9-11)30-20(24-16)19-26-25-18-12(2)27(7-8-28(18)19)21(29)13-4-5-14(22)15(23)10-13/h3-6,9-10,12H,7-8H2,1-2H3. The highest BCUT2D eigenvalue weighted by molar-refractivity contribution is 7.21. The Hall–Kier alpha value is -2.48. The molecule has 2 aromatic heterocycles. The van der Waals surface area contributed by atoms with Crippen molar-refractivity contribution in [3.63, 3.8) is 0 Å². The number of fused-ring (bicyclic) bond motifs is 2. The van der Waals surface area contributed by atoms with Crippen LogP contribution in [0.1, 0.15) is 34.7 Å². The topological polar surface area (TPSA) is 63.9 Å². The summed E-state index contributed by atoms with van der Waals surface area (Å²) in [6.45, 7) is 5.17. The van der Waals surface area contributed by atoms with Gasteiger partial charge in [0.2, 0.25) is 0 Å². The second-order valence-corrected chi connectivity index (χ2v) is 9.17. The molecule has 1 aliphatic heterocycles. The third-order valence-electron chi connectivity index (χ3n) is 5.35. The normalized spacial score (nSPS) is 16.1. The zero-order valence-corrected chi connectivity index (χ0v) is 18.6. The molecule has 1 amide bonds. The molecule has 30 heavy (non-hydrogen) atoms. The SMILES string of the molecule is Cc1ccc2nc(-c3nnc4n3CCN(C(=O)c3ccc(Cl)c(Cl)c3)C4C)sc2c1. The van der Waals surface area contributed by atoms with Gasteiger partial charge in [-0.15, -0.1) is 21.5 Å². The number of hydrogen-bond acceptors (Lipinski definition) is 5. The molecule has 0 spiro atoms. The number of carbonyl (C=O) groups excluding carboxylic acids is 1. The maximum Gasteiger partial charge on any atom is 0.254 e. The van der Waals surface area contributed by atoms with Gasteiger partial charge >= 0.3 is 0 Å². The van der Waals surface area contributed by atoms with Gasteiger partial charge in [0.05, 0.1) is 26.3 Å². The molecule has 3 heterocycles. The van der Waals surface area contributed by atoms with Crippen molar-refractivity contribution in [3.05, 3.63) is 63.4 Å². The van der Waals surface area contributed by atoms with E-state index >= 15 is 0 Å². The molecule has 2 aromatic carbocycles. The van der Waals surface area contributed by atoms with Crippen LogP contribution >= 0.6 is 34.5 Å². The van der Waals surface area contributed by atoms with Crippen LogP contribution in [0.15, 0.2) is 36.4 Å². The molecule has 4 aromatic rings. The second kappa shape index (κ2) is 7.34. The Bertz CT molecular complexity index is 1300. The van der Waals surface area contributed by atoms with Crippen LogP contribution in [-0.4, -0.2) is 37.1 Å². The zero-order chi connectivity index (χ0) is 21.0. The van der Waals surface area contributed by atoms with Gasteiger partial charge in [-0.05, 0) is 49.7 Å². The second-order valence-electron chi connectivity index (χ2n) is 7.33. The highest BCUT2D eigenvalue weighted by atomic mass is 35.5. The number of benzene rings is 2. The zero-order valence-electron chi connectivity index (χ0n) is 16.3. The van der Waals surface area contributed by atoms with Gasteiger partial charge in [-0.2, -0.15) is 0 Å². The van der Waals surface area contributed by atoms with Gasteiger partial charge in [0.25, 0.3) is 5.91 Å². The van der Waals surface area contributed by atoms with E-state index in [4.69, 9.17) is 28.2 Å². The van der Waals surface area contributed by atoms with Crippen LogP contribution in [0.5, 0.6) is 0 Å². The molecular weight excluding hydrogens is 441 g/mol. The molecule has 1 atom stereocenters. The number of carbonyl (C=O) groups is 1. The first-order chi connectivity index (χ1) is 14.4. The van der Waals surface area contributed by atoms with Gasteiger partial charge in [0.1, 0.15) is 0 Å². The largest absolute Gasteiger partial charge is 0.327 e. The molecule has 0 radical (unpaired) electrons. The van der Waals surface area contributed by atoms with Crippen LogP contribution in [0.25, 0.3) is 21.0 Å². The van der Waals surface area contributed by atoms with Crippen LogP contribution in [0, 0.1) is 6.92 Å². The van der Waals surface area contributed by atoms with E-state index in [1.54, 1.807) is 34.4 Å². The number of hydrogen-bond donors (Lipinski definition) is 0. The number of rotatable bonds is 2. The lowest BCUT2D eigenvalue weighted by Gasteiger charge is -2.33. The summed E-state index contributed by atoms with van der Waals surface area (Å²) in [6, 6.07) is 10.9. The Morgan fingerprint density at radius 1 is 1.10 bits per heavy atom. The van der Waals surface area contributed by atoms with E-state index in [-0.39, 0.29) is 11.9 Å². The first-order valence-electron chi connectivity index (χ1n) is 9.49. The Labute approximate surface area is 187 Å². The summed E-state index contributed by atoms with van der Waals surface area (Å²) < 4.78 is 3.19. The summed E-state index contributed by atoms with van der Waals surface area (Å²) >= 11 is 13.7. The van der Waals surface area contributed by atoms with Gasteiger partial charge in [-0.1, -0.05) is 29.3 Å². The molecular formula is C21H17Cl2N5OS. The summed E-state index contributed by atoms with van der Waals surface area (Å²) in [4.78, 5) is 19.6. The van der Waals surface area contributed by atoms with Gasteiger partial charge in [-0.25, -0.2) is 4.98 Å². The van der Waals surface area contributed by atoms with Gasteiger partial charge in [-0.3, -0.25) is 4.79 Å². The van der Waals surface area contributed by atoms with E-state index in [0.717, 1.165) is 26.9 Å². The average molecular weight is 458 g/mol. The number of amides is 1. The third-order valence-corrected chi connectivity index (χ3v) is 7.10. The van der Waals surface area contributed by atoms with Gasteiger partial charge in [0.15, 0.2) is 16.7 Å². The fourth-order valence-electron chi connectivity index (χ4n) is 3.74. The Balaban J connectivity index is 1.47. The van der Waals surface area contributed by atoms with Crippen LogP contribution in [0.3, 0.4) is 0 Å². The minimum atomic E-state index is -0.224. The highest BCUT2D eigenvalue weighted by Crippen LogP contribution is 2.34. The van der Waals surface area contributed by atoms with E-state index in [1.807, 2.05) is 13.0 Å². The summed E-state index contributed by atoms with van der Waals surface area (Å²) in [5.74, 6) is 1.39. The maximum absolute atomic E-state index is 13.1. The smallest absolute Gasteiger partial charge is 0.254 e. The van der Waals surface area contributed by atoms with Crippen molar-refractivity contribution in [2.45, 2.75) is 26.4 Å². The third kappa shape index (κ3) is 3.17. The summed E-state index contributed by atoms with van der Waals surface area (Å²) in [5.41, 5.74) is 2.66. The Kier molecular flexibility index (Phi) is 4.76. The van der Waals surface area contributed by atoms with Crippen molar-refractivity contribution in [1.82, 2.24) is 24.6 Å². The average Bonchev–Trinajstić information content (AvgIpc) is 3.33. The monoisotopic (exact) mass is 457 g/mol.